The van der Waals surface area contributed by atoms with Crippen LogP contribution in [0.25, 0.3) is 0 Å². The van der Waals surface area contributed by atoms with Crippen LogP contribution in [0.5, 0.6) is 17.2 Å². The fourth-order valence-electron chi connectivity index (χ4n) is 2.14. The lowest BCUT2D eigenvalue weighted by atomic mass is 10.2. The second kappa shape index (κ2) is 16.1. The summed E-state index contributed by atoms with van der Waals surface area (Å²) in [7, 11) is 2.99. The van der Waals surface area contributed by atoms with E-state index in [-0.39, 0.29) is 6.61 Å². The van der Waals surface area contributed by atoms with Crippen LogP contribution >= 0.6 is 0 Å². The molecule has 0 radical (unpaired) electrons. The number of hydrogen-bond donors (Lipinski definition) is 1. The molecule has 1 rings (SSSR count). The molecule has 0 aliphatic heterocycles. The van der Waals surface area contributed by atoms with Crippen molar-refractivity contribution in [2.45, 2.75) is 0 Å². The molecule has 0 heterocycles. The maximum Gasteiger partial charge on any atom is 0.203 e. The molecule has 0 bridgehead atoms. The van der Waals surface area contributed by atoms with E-state index in [4.69, 9.17) is 38.3 Å². The zero-order valence-electron chi connectivity index (χ0n) is 16.5. The van der Waals surface area contributed by atoms with Crippen LogP contribution < -0.4 is 14.2 Å². The van der Waals surface area contributed by atoms with E-state index in [9.17, 15) is 4.79 Å². The Morgan fingerprint density at radius 2 is 1.18 bits per heavy atom. The summed E-state index contributed by atoms with van der Waals surface area (Å²) in [5.41, 5.74) is 0.441. The highest BCUT2D eigenvalue weighted by molar-refractivity contribution is 5.78. The van der Waals surface area contributed by atoms with E-state index in [0.29, 0.717) is 88.6 Å². The third kappa shape index (κ3) is 9.86. The number of aliphatic hydroxyl groups is 1. The van der Waals surface area contributed by atoms with Gasteiger partial charge >= 0.3 is 0 Å². The lowest BCUT2D eigenvalue weighted by molar-refractivity contribution is -0.00789. The Kier molecular flexibility index (Phi) is 13.9. The molecule has 0 saturated carbocycles. The molecule has 0 fully saturated rings. The maximum atomic E-state index is 10.9. The molecule has 0 aliphatic rings. The van der Waals surface area contributed by atoms with Crippen molar-refractivity contribution in [3.63, 3.8) is 0 Å². The van der Waals surface area contributed by atoms with Crippen molar-refractivity contribution < 1.29 is 43.1 Å². The van der Waals surface area contributed by atoms with Gasteiger partial charge in [-0.05, 0) is 12.1 Å². The molecule has 0 saturated heterocycles. The zero-order chi connectivity index (χ0) is 20.5. The van der Waals surface area contributed by atoms with Gasteiger partial charge in [-0.25, -0.2) is 0 Å². The Hall–Kier alpha value is -1.91. The topological polar surface area (TPSA) is 102 Å². The van der Waals surface area contributed by atoms with Crippen LogP contribution in [0.4, 0.5) is 0 Å². The van der Waals surface area contributed by atoms with E-state index in [1.807, 2.05) is 0 Å². The van der Waals surface area contributed by atoms with Crippen molar-refractivity contribution in [3.05, 3.63) is 17.7 Å². The van der Waals surface area contributed by atoms with Gasteiger partial charge in [0.1, 0.15) is 12.9 Å². The molecule has 0 aromatic heterocycles. The smallest absolute Gasteiger partial charge is 0.203 e. The van der Waals surface area contributed by atoms with Gasteiger partial charge in [-0.2, -0.15) is 0 Å². The summed E-state index contributed by atoms with van der Waals surface area (Å²) in [4.78, 5) is 10.9. The second-order valence-electron chi connectivity index (χ2n) is 5.39. The van der Waals surface area contributed by atoms with Crippen LogP contribution in [0.15, 0.2) is 12.1 Å². The number of carbonyl (C=O) groups excluding carboxylic acids is 1. The van der Waals surface area contributed by atoms with E-state index in [1.165, 1.54) is 14.2 Å². The Morgan fingerprint density at radius 3 is 1.57 bits per heavy atom. The average molecular weight is 402 g/mol. The van der Waals surface area contributed by atoms with E-state index in [0.717, 1.165) is 0 Å². The molecule has 0 spiro atoms. The van der Waals surface area contributed by atoms with E-state index >= 15 is 0 Å². The normalized spacial score (nSPS) is 10.7. The van der Waals surface area contributed by atoms with Crippen LogP contribution in [-0.4, -0.2) is 91.7 Å². The molecule has 1 N–H and O–H groups in total. The highest BCUT2D eigenvalue weighted by Crippen LogP contribution is 2.38. The molecule has 160 valence electrons. The SMILES string of the molecule is COc1cc(C=O)cc(OC)c1OCCOCCOCCOCCOCCO. The van der Waals surface area contributed by atoms with E-state index in [2.05, 4.69) is 0 Å². The molecule has 9 heteroatoms. The Labute approximate surface area is 165 Å². The first-order valence-electron chi connectivity index (χ1n) is 9.02. The van der Waals surface area contributed by atoms with Crippen LogP contribution in [0.2, 0.25) is 0 Å². The van der Waals surface area contributed by atoms with Gasteiger partial charge in [0.15, 0.2) is 11.5 Å². The standard InChI is InChI=1S/C19H30O9/c1-22-17-13-16(15-21)14-18(23-2)19(17)28-12-11-27-10-9-26-8-7-25-6-5-24-4-3-20/h13-15,20H,3-12H2,1-2H3. The van der Waals surface area contributed by atoms with Gasteiger partial charge in [-0.3, -0.25) is 4.79 Å². The lowest BCUT2D eigenvalue weighted by Gasteiger charge is -2.15. The number of aldehydes is 1. The van der Waals surface area contributed by atoms with Crippen molar-refractivity contribution in [1.82, 2.24) is 0 Å². The molecule has 0 atom stereocenters. The minimum atomic E-state index is 0.0156. The van der Waals surface area contributed by atoms with Crippen molar-refractivity contribution in [2.24, 2.45) is 0 Å². The summed E-state index contributed by atoms with van der Waals surface area (Å²) in [5, 5.41) is 8.54. The van der Waals surface area contributed by atoms with Crippen molar-refractivity contribution in [3.8, 4) is 17.2 Å². The van der Waals surface area contributed by atoms with Crippen LogP contribution in [0, 0.1) is 0 Å². The molecule has 1 aromatic rings. The van der Waals surface area contributed by atoms with Gasteiger partial charge in [0, 0.05) is 5.56 Å². The Balaban J connectivity index is 2.09. The minimum Gasteiger partial charge on any atom is -0.493 e. The summed E-state index contributed by atoms with van der Waals surface area (Å²) in [5.74, 6) is 1.27. The lowest BCUT2D eigenvalue weighted by Crippen LogP contribution is -2.14. The van der Waals surface area contributed by atoms with Crippen molar-refractivity contribution >= 4 is 6.29 Å². The highest BCUT2D eigenvalue weighted by Gasteiger charge is 2.14. The first-order valence-corrected chi connectivity index (χ1v) is 9.02. The van der Waals surface area contributed by atoms with Gasteiger partial charge < -0.3 is 38.3 Å². The first-order chi connectivity index (χ1) is 13.8. The molecule has 28 heavy (non-hydrogen) atoms. The highest BCUT2D eigenvalue weighted by atomic mass is 16.6. The first kappa shape index (κ1) is 24.1. The number of aliphatic hydroxyl groups excluding tert-OH is 1. The second-order valence-corrected chi connectivity index (χ2v) is 5.39. The Bertz CT molecular complexity index is 511. The van der Waals surface area contributed by atoms with Gasteiger partial charge in [-0.1, -0.05) is 0 Å². The molecule has 9 nitrogen and oxygen atoms in total. The number of hydrogen-bond acceptors (Lipinski definition) is 9. The fraction of sp³-hybridized carbons (Fsp3) is 0.632. The molecule has 0 aliphatic carbocycles. The maximum absolute atomic E-state index is 10.9. The fourth-order valence-corrected chi connectivity index (χ4v) is 2.14. The third-order valence-electron chi connectivity index (χ3n) is 3.44. The van der Waals surface area contributed by atoms with Gasteiger partial charge in [0.25, 0.3) is 0 Å². The zero-order valence-corrected chi connectivity index (χ0v) is 16.5. The summed E-state index contributed by atoms with van der Waals surface area (Å²) >= 11 is 0. The number of rotatable bonds is 18. The van der Waals surface area contributed by atoms with E-state index < -0.39 is 0 Å². The number of ether oxygens (including phenoxy) is 7. The Morgan fingerprint density at radius 1 is 0.750 bits per heavy atom. The van der Waals surface area contributed by atoms with Gasteiger partial charge in [-0.15, -0.1) is 0 Å². The van der Waals surface area contributed by atoms with Crippen LogP contribution in [0.3, 0.4) is 0 Å². The largest absolute Gasteiger partial charge is 0.493 e. The van der Waals surface area contributed by atoms with Crippen LogP contribution in [0.1, 0.15) is 10.4 Å². The van der Waals surface area contributed by atoms with E-state index in [1.54, 1.807) is 12.1 Å². The van der Waals surface area contributed by atoms with Crippen molar-refractivity contribution in [2.75, 3.05) is 80.3 Å². The van der Waals surface area contributed by atoms with Crippen molar-refractivity contribution in [1.29, 1.82) is 0 Å². The predicted octanol–water partition coefficient (Wildman–Crippen LogP) is 0.954. The molecular weight excluding hydrogens is 372 g/mol. The molecule has 0 unspecified atom stereocenters. The number of methoxy groups -OCH3 is 2. The summed E-state index contributed by atoms with van der Waals surface area (Å²) in [6, 6.07) is 3.17. The monoisotopic (exact) mass is 402 g/mol. The average Bonchev–Trinajstić information content (AvgIpc) is 2.73. The quantitative estimate of drug-likeness (QED) is 0.284. The summed E-state index contributed by atoms with van der Waals surface area (Å²) in [6.45, 7) is 3.75. The van der Waals surface area contributed by atoms with Gasteiger partial charge in [0.05, 0.1) is 73.7 Å². The van der Waals surface area contributed by atoms with Gasteiger partial charge in [0.2, 0.25) is 5.75 Å². The predicted molar refractivity (Wildman–Crippen MR) is 101 cm³/mol. The number of carbonyl (C=O) groups is 1. The molecule has 1 aromatic carbocycles. The van der Waals surface area contributed by atoms with Crippen LogP contribution in [-0.2, 0) is 18.9 Å². The summed E-state index contributed by atoms with van der Waals surface area (Å²) in [6.07, 6.45) is 0.716. The number of benzene rings is 1. The minimum absolute atomic E-state index is 0.0156. The molecule has 0 amide bonds. The summed E-state index contributed by atoms with van der Waals surface area (Å²) < 4.78 is 37.3. The molecular formula is C19H30O9. The third-order valence-corrected chi connectivity index (χ3v) is 3.44.